The fraction of sp³-hybridized carbons (Fsp3) is 0.949. The van der Waals surface area contributed by atoms with Crippen molar-refractivity contribution >= 4 is 39.5 Å². The van der Waals surface area contributed by atoms with Crippen LogP contribution in [0.25, 0.3) is 0 Å². The van der Waals surface area contributed by atoms with Crippen molar-refractivity contribution in [3.8, 4) is 0 Å². The topological polar surface area (TPSA) is 237 Å². The van der Waals surface area contributed by atoms with Crippen LogP contribution in [0, 0.1) is 17.8 Å². The quantitative estimate of drug-likeness (QED) is 0.0222. The number of hydrogen-bond acceptors (Lipinski definition) is 15. The SMILES string of the molecule is CCCCCCCCCCCC(=O)OC[C@H](COP(=O)(O)OC[C@H](O)COP(=O)(O)OC[C@@H](COC(=O)CCCCCCCCCCCCCCCCC(C)CC)OC(=O)CCCCCCCCCCCCCCCCCCCCC(C)C)OC(=O)CCCCCCCCCC(C)C. The first-order valence-electron chi connectivity index (χ1n) is 40.9. The molecule has 0 amide bonds. The minimum Gasteiger partial charge on any atom is -0.462 e. The summed E-state index contributed by atoms with van der Waals surface area (Å²) < 4.78 is 68.5. The van der Waals surface area contributed by atoms with Gasteiger partial charge in [0, 0.05) is 25.7 Å². The van der Waals surface area contributed by atoms with Crippen LogP contribution in [0.5, 0.6) is 0 Å². The van der Waals surface area contributed by atoms with Gasteiger partial charge in [-0.15, -0.1) is 0 Å². The molecule has 0 bridgehead atoms. The summed E-state index contributed by atoms with van der Waals surface area (Å²) in [5, 5.41) is 10.6. The van der Waals surface area contributed by atoms with Gasteiger partial charge in [0.15, 0.2) is 12.2 Å². The van der Waals surface area contributed by atoms with Crippen molar-refractivity contribution in [2.45, 2.75) is 426 Å². The van der Waals surface area contributed by atoms with E-state index in [1.807, 2.05) is 0 Å². The minimum absolute atomic E-state index is 0.103. The smallest absolute Gasteiger partial charge is 0.462 e. The van der Waals surface area contributed by atoms with E-state index in [9.17, 15) is 43.2 Å². The summed E-state index contributed by atoms with van der Waals surface area (Å²) in [5.41, 5.74) is 0. The highest BCUT2D eigenvalue weighted by Crippen LogP contribution is 2.45. The third kappa shape index (κ3) is 71.1. The van der Waals surface area contributed by atoms with Crippen LogP contribution in [0.3, 0.4) is 0 Å². The third-order valence-corrected chi connectivity index (χ3v) is 20.6. The molecule has 0 aromatic carbocycles. The van der Waals surface area contributed by atoms with Gasteiger partial charge in [0.25, 0.3) is 0 Å². The molecular formula is C79H154O17P2. The maximum Gasteiger partial charge on any atom is 0.472 e. The zero-order chi connectivity index (χ0) is 72.3. The number of ether oxygens (including phenoxy) is 4. The van der Waals surface area contributed by atoms with E-state index in [0.717, 1.165) is 102 Å². The molecule has 0 aromatic heterocycles. The number of esters is 4. The lowest BCUT2D eigenvalue weighted by molar-refractivity contribution is -0.161. The van der Waals surface area contributed by atoms with Gasteiger partial charge >= 0.3 is 39.5 Å². The summed E-state index contributed by atoms with van der Waals surface area (Å²) >= 11 is 0. The molecule has 0 fully saturated rings. The molecule has 98 heavy (non-hydrogen) atoms. The van der Waals surface area contributed by atoms with Crippen LogP contribution in [-0.4, -0.2) is 96.7 Å². The molecule has 0 aliphatic heterocycles. The molecule has 6 atom stereocenters. The maximum atomic E-state index is 13.1. The molecule has 3 N–H and O–H groups in total. The van der Waals surface area contributed by atoms with E-state index in [1.54, 1.807) is 0 Å². The normalized spacial score (nSPS) is 14.3. The molecule has 0 radical (unpaired) electrons. The largest absolute Gasteiger partial charge is 0.472 e. The molecular weight excluding hydrogens is 1280 g/mol. The van der Waals surface area contributed by atoms with E-state index in [-0.39, 0.29) is 25.7 Å². The predicted molar refractivity (Wildman–Crippen MR) is 400 cm³/mol. The Hall–Kier alpha value is -1.94. The summed E-state index contributed by atoms with van der Waals surface area (Å²) in [6.45, 7) is 11.9. The van der Waals surface area contributed by atoms with Crippen LogP contribution in [-0.2, 0) is 65.4 Å². The van der Waals surface area contributed by atoms with Gasteiger partial charge in [-0.2, -0.15) is 0 Å². The van der Waals surface area contributed by atoms with E-state index in [2.05, 4.69) is 48.5 Å². The molecule has 0 aliphatic rings. The van der Waals surface area contributed by atoms with Crippen molar-refractivity contribution in [3.63, 3.8) is 0 Å². The lowest BCUT2D eigenvalue weighted by Gasteiger charge is -2.21. The average Bonchev–Trinajstić information content (AvgIpc) is 0.945. The fourth-order valence-corrected chi connectivity index (χ4v) is 13.7. The second-order valence-corrected chi connectivity index (χ2v) is 32.6. The molecule has 582 valence electrons. The van der Waals surface area contributed by atoms with Crippen molar-refractivity contribution in [3.05, 3.63) is 0 Å². The number of hydrogen-bond donors (Lipinski definition) is 3. The van der Waals surface area contributed by atoms with E-state index in [0.29, 0.717) is 31.6 Å². The Morgan fingerprint density at radius 3 is 0.776 bits per heavy atom. The van der Waals surface area contributed by atoms with Crippen LogP contribution in [0.4, 0.5) is 0 Å². The first kappa shape index (κ1) is 96.1. The van der Waals surface area contributed by atoms with Crippen molar-refractivity contribution in [2.24, 2.45) is 17.8 Å². The highest BCUT2D eigenvalue weighted by Gasteiger charge is 2.30. The highest BCUT2D eigenvalue weighted by molar-refractivity contribution is 7.47. The van der Waals surface area contributed by atoms with Gasteiger partial charge in [-0.25, -0.2) is 9.13 Å². The van der Waals surface area contributed by atoms with E-state index in [1.165, 1.54) is 218 Å². The molecule has 0 aliphatic carbocycles. The van der Waals surface area contributed by atoms with Crippen LogP contribution in [0.2, 0.25) is 0 Å². The predicted octanol–water partition coefficient (Wildman–Crippen LogP) is 23.4. The number of aliphatic hydroxyl groups excluding tert-OH is 1. The first-order valence-corrected chi connectivity index (χ1v) is 43.9. The minimum atomic E-state index is -4.96. The fourth-order valence-electron chi connectivity index (χ4n) is 12.1. The average molecular weight is 1440 g/mol. The molecule has 0 saturated heterocycles. The molecule has 0 spiro atoms. The standard InChI is InChI=1S/C79H154O17P2/c1-8-10-11-12-13-30-39-46-53-60-76(81)89-67-75(96-79(84)63-56-49-42-35-37-44-51-58-71(5)6)69-94-98(87,88)92-65-73(80)64-91-97(85,86)93-68-74(66-90-77(82)61-54-47-40-33-28-24-21-20-23-27-32-38-45-52-59-72(7)9-2)95-78(83)62-55-48-41-34-29-25-19-17-15-14-16-18-22-26-31-36-43-50-57-70(3)4/h70-75,80H,8-69H2,1-7H3,(H,85,86)(H,87,88)/t72?,73-,74-,75-/m1/s1. The van der Waals surface area contributed by atoms with Crippen LogP contribution < -0.4 is 0 Å². The zero-order valence-corrected chi connectivity index (χ0v) is 66.0. The number of carbonyl (C=O) groups is 4. The molecule has 0 heterocycles. The van der Waals surface area contributed by atoms with E-state index < -0.39 is 97.5 Å². The van der Waals surface area contributed by atoms with Crippen molar-refractivity contribution in [1.82, 2.24) is 0 Å². The summed E-state index contributed by atoms with van der Waals surface area (Å²) in [6.07, 6.45) is 57.1. The Morgan fingerprint density at radius 1 is 0.296 bits per heavy atom. The molecule has 17 nitrogen and oxygen atoms in total. The molecule has 3 unspecified atom stereocenters. The van der Waals surface area contributed by atoms with Crippen molar-refractivity contribution < 1.29 is 80.2 Å². The maximum absolute atomic E-state index is 13.1. The van der Waals surface area contributed by atoms with Gasteiger partial charge in [-0.05, 0) is 43.4 Å². The molecule has 0 saturated carbocycles. The second kappa shape index (κ2) is 69.4. The van der Waals surface area contributed by atoms with E-state index >= 15 is 0 Å². The summed E-state index contributed by atoms with van der Waals surface area (Å²) in [4.78, 5) is 72.8. The van der Waals surface area contributed by atoms with Crippen LogP contribution in [0.15, 0.2) is 0 Å². The van der Waals surface area contributed by atoms with Crippen molar-refractivity contribution in [1.29, 1.82) is 0 Å². The van der Waals surface area contributed by atoms with Crippen LogP contribution in [0.1, 0.15) is 408 Å². The van der Waals surface area contributed by atoms with Crippen molar-refractivity contribution in [2.75, 3.05) is 39.6 Å². The Balaban J connectivity index is 5.19. The number of aliphatic hydroxyl groups is 1. The van der Waals surface area contributed by atoms with Crippen LogP contribution >= 0.6 is 15.6 Å². The highest BCUT2D eigenvalue weighted by atomic mass is 31.2. The third-order valence-electron chi connectivity index (χ3n) is 18.7. The van der Waals surface area contributed by atoms with Gasteiger partial charge in [-0.3, -0.25) is 37.3 Å². The summed E-state index contributed by atoms with van der Waals surface area (Å²) in [7, 11) is -9.91. The second-order valence-electron chi connectivity index (χ2n) is 29.6. The molecule has 19 heteroatoms. The number of phosphoric ester groups is 2. The lowest BCUT2D eigenvalue weighted by Crippen LogP contribution is -2.30. The van der Waals surface area contributed by atoms with Gasteiger partial charge in [0.2, 0.25) is 0 Å². The van der Waals surface area contributed by atoms with Gasteiger partial charge < -0.3 is 33.8 Å². The lowest BCUT2D eigenvalue weighted by atomic mass is 9.99. The number of rotatable bonds is 77. The summed E-state index contributed by atoms with van der Waals surface area (Å²) in [6, 6.07) is 0. The first-order chi connectivity index (χ1) is 47.3. The Bertz CT molecular complexity index is 1910. The Labute approximate surface area is 600 Å². The van der Waals surface area contributed by atoms with Gasteiger partial charge in [-0.1, -0.05) is 357 Å². The number of unbranched alkanes of at least 4 members (excludes halogenated alkanes) is 44. The molecule has 0 rings (SSSR count). The summed E-state index contributed by atoms with van der Waals surface area (Å²) in [5.74, 6) is 0.248. The Kier molecular flexibility index (Phi) is 68.1. The Morgan fingerprint density at radius 2 is 0.520 bits per heavy atom. The van der Waals surface area contributed by atoms with Gasteiger partial charge in [0.05, 0.1) is 26.4 Å². The molecule has 0 aromatic rings. The number of carbonyl (C=O) groups excluding carboxylic acids is 4. The van der Waals surface area contributed by atoms with E-state index in [4.69, 9.17) is 37.0 Å². The zero-order valence-electron chi connectivity index (χ0n) is 64.3. The number of phosphoric acid groups is 2. The monoisotopic (exact) mass is 1440 g/mol. The van der Waals surface area contributed by atoms with Gasteiger partial charge in [0.1, 0.15) is 19.3 Å².